The van der Waals surface area contributed by atoms with Crippen molar-refractivity contribution in [3.63, 3.8) is 0 Å². The maximum atomic E-state index is 14.9. The van der Waals surface area contributed by atoms with Gasteiger partial charge in [-0.05, 0) is 54.2 Å². The van der Waals surface area contributed by atoms with Crippen LogP contribution in [0.1, 0.15) is 49.1 Å². The summed E-state index contributed by atoms with van der Waals surface area (Å²) in [6, 6.07) is 13.0. The van der Waals surface area contributed by atoms with Gasteiger partial charge in [0.05, 0.1) is 11.6 Å². The smallest absolute Gasteiger partial charge is 0.329 e. The Morgan fingerprint density at radius 2 is 1.67 bits per heavy atom. The van der Waals surface area contributed by atoms with Crippen molar-refractivity contribution in [3.8, 4) is 0 Å². The van der Waals surface area contributed by atoms with E-state index >= 15 is 0 Å². The molecule has 1 aliphatic carbocycles. The topological polar surface area (TPSA) is 64.1 Å². The summed E-state index contributed by atoms with van der Waals surface area (Å²) in [6.07, 6.45) is 6.38. The molecule has 2 heterocycles. The molecule has 33 heavy (non-hydrogen) atoms. The van der Waals surface area contributed by atoms with E-state index in [0.717, 1.165) is 11.3 Å². The van der Waals surface area contributed by atoms with Crippen molar-refractivity contribution >= 4 is 23.4 Å². The number of likely N-dealkylation sites (tertiary alicyclic amines) is 1. The van der Waals surface area contributed by atoms with E-state index < -0.39 is 11.8 Å². The maximum absolute atomic E-state index is 14.9. The summed E-state index contributed by atoms with van der Waals surface area (Å²) < 4.78 is 14.9. The van der Waals surface area contributed by atoms with Gasteiger partial charge in [0.25, 0.3) is 0 Å². The first-order valence-electron chi connectivity index (χ1n) is 11.9. The predicted molar refractivity (Wildman–Crippen MR) is 125 cm³/mol. The zero-order valence-electron chi connectivity index (χ0n) is 18.8. The lowest BCUT2D eigenvalue weighted by molar-refractivity contribution is -0.147. The molecule has 0 aromatic heterocycles. The Labute approximate surface area is 193 Å². The van der Waals surface area contributed by atoms with Gasteiger partial charge in [-0.15, -0.1) is 0 Å². The number of carbonyl (C=O) groups is 2. The molecule has 174 valence electrons. The molecule has 3 fully saturated rings. The summed E-state index contributed by atoms with van der Waals surface area (Å²) in [5.41, 5.74) is 3.27. The third-order valence-corrected chi connectivity index (χ3v) is 7.31. The maximum Gasteiger partial charge on any atom is 0.329 e. The Bertz CT molecular complexity index is 1030. The summed E-state index contributed by atoms with van der Waals surface area (Å²) in [5, 5.41) is 8.99. The Kier molecular flexibility index (Phi) is 6.06. The van der Waals surface area contributed by atoms with Gasteiger partial charge in [0.15, 0.2) is 0 Å². The second-order valence-electron chi connectivity index (χ2n) is 9.53. The van der Waals surface area contributed by atoms with Crippen LogP contribution in [0, 0.1) is 11.7 Å². The number of halogens is 1. The van der Waals surface area contributed by atoms with Gasteiger partial charge in [-0.3, -0.25) is 19.5 Å². The van der Waals surface area contributed by atoms with Gasteiger partial charge in [0, 0.05) is 38.4 Å². The number of hydrogen-bond acceptors (Lipinski definition) is 3. The Morgan fingerprint density at radius 1 is 0.970 bits per heavy atom. The second-order valence-corrected chi connectivity index (χ2v) is 9.53. The van der Waals surface area contributed by atoms with Gasteiger partial charge in [0.2, 0.25) is 0 Å². The van der Waals surface area contributed by atoms with E-state index in [1.54, 1.807) is 11.0 Å². The fourth-order valence-electron chi connectivity index (χ4n) is 5.34. The largest absolute Gasteiger partial charge is 0.481 e. The van der Waals surface area contributed by atoms with E-state index in [1.165, 1.54) is 48.6 Å². The number of amides is 2. The molecule has 0 atom stereocenters. The normalized spacial score (nSPS) is 20.3. The van der Waals surface area contributed by atoms with Crippen molar-refractivity contribution in [2.24, 2.45) is 5.92 Å². The molecule has 2 aromatic carbocycles. The second kappa shape index (κ2) is 9.14. The van der Waals surface area contributed by atoms with Crippen molar-refractivity contribution in [3.05, 3.63) is 59.4 Å². The average Bonchev–Trinajstić information content (AvgIpc) is 3.17. The number of hydrogen-bond donors (Lipinski definition) is 1. The quantitative estimate of drug-likeness (QED) is 0.683. The molecule has 1 N–H and O–H groups in total. The van der Waals surface area contributed by atoms with Gasteiger partial charge in [-0.1, -0.05) is 37.5 Å². The molecule has 2 saturated heterocycles. The molecule has 7 heteroatoms. The molecule has 5 rings (SSSR count). The summed E-state index contributed by atoms with van der Waals surface area (Å²) in [6.45, 7) is 2.43. The first kappa shape index (κ1) is 21.9. The van der Waals surface area contributed by atoms with Crippen molar-refractivity contribution < 1.29 is 19.1 Å². The van der Waals surface area contributed by atoms with E-state index in [4.69, 9.17) is 5.11 Å². The number of nitrogens with zero attached hydrogens (tertiary/aromatic N) is 3. The van der Waals surface area contributed by atoms with Crippen LogP contribution in [0.15, 0.2) is 42.5 Å². The minimum Gasteiger partial charge on any atom is -0.481 e. The van der Waals surface area contributed by atoms with Crippen LogP contribution in [-0.2, 0) is 11.3 Å². The van der Waals surface area contributed by atoms with Crippen LogP contribution in [-0.4, -0.2) is 48.2 Å². The van der Waals surface area contributed by atoms with Crippen LogP contribution in [0.3, 0.4) is 0 Å². The van der Waals surface area contributed by atoms with Crippen LogP contribution in [0.2, 0.25) is 0 Å². The lowest BCUT2D eigenvalue weighted by Gasteiger charge is -2.36. The van der Waals surface area contributed by atoms with Crippen LogP contribution in [0.5, 0.6) is 0 Å². The highest BCUT2D eigenvalue weighted by molar-refractivity contribution is 6.06. The monoisotopic (exact) mass is 451 g/mol. The molecule has 0 bridgehead atoms. The van der Waals surface area contributed by atoms with E-state index in [-0.39, 0.29) is 17.6 Å². The Morgan fingerprint density at radius 3 is 2.33 bits per heavy atom. The number of urea groups is 1. The fourth-order valence-corrected chi connectivity index (χ4v) is 5.34. The van der Waals surface area contributed by atoms with Gasteiger partial charge < -0.3 is 5.11 Å². The van der Waals surface area contributed by atoms with Crippen molar-refractivity contribution in [1.82, 2.24) is 4.90 Å². The highest BCUT2D eigenvalue weighted by Gasteiger charge is 2.34. The lowest BCUT2D eigenvalue weighted by Crippen LogP contribution is -2.49. The SMILES string of the molecule is O=C(O)C1CN(Cc2ccc(N3CCN(c4ccc(C5CCCCC5)cc4)C3=O)c(F)c2)C1. The van der Waals surface area contributed by atoms with E-state index in [2.05, 4.69) is 12.1 Å². The minimum atomic E-state index is -0.784. The van der Waals surface area contributed by atoms with Crippen LogP contribution in [0.4, 0.5) is 20.6 Å². The zero-order valence-corrected chi connectivity index (χ0v) is 18.8. The van der Waals surface area contributed by atoms with Crippen LogP contribution >= 0.6 is 0 Å². The first-order chi connectivity index (χ1) is 16.0. The summed E-state index contributed by atoms with van der Waals surface area (Å²) in [4.78, 5) is 29.2. The molecule has 1 saturated carbocycles. The highest BCUT2D eigenvalue weighted by Crippen LogP contribution is 2.34. The molecular weight excluding hydrogens is 421 g/mol. The van der Waals surface area contributed by atoms with Crippen molar-refractivity contribution in [2.45, 2.75) is 44.6 Å². The summed E-state index contributed by atoms with van der Waals surface area (Å²) >= 11 is 0. The van der Waals surface area contributed by atoms with Crippen molar-refractivity contribution in [1.29, 1.82) is 0 Å². The molecule has 3 aliphatic rings. The molecule has 0 unspecified atom stereocenters. The van der Waals surface area contributed by atoms with E-state index in [1.807, 2.05) is 23.1 Å². The molecule has 2 aromatic rings. The number of benzene rings is 2. The number of carboxylic acid groups (broad SMARTS) is 1. The third kappa shape index (κ3) is 4.47. The molecule has 2 amide bonds. The summed E-state index contributed by atoms with van der Waals surface area (Å²) in [7, 11) is 0. The Balaban J connectivity index is 1.23. The van der Waals surface area contributed by atoms with Crippen LogP contribution in [0.25, 0.3) is 0 Å². The highest BCUT2D eigenvalue weighted by atomic mass is 19.1. The lowest BCUT2D eigenvalue weighted by atomic mass is 9.84. The molecule has 6 nitrogen and oxygen atoms in total. The number of carboxylic acids is 1. The fraction of sp³-hybridized carbons (Fsp3) is 0.462. The Hall–Kier alpha value is -2.93. The van der Waals surface area contributed by atoms with Crippen molar-refractivity contribution in [2.75, 3.05) is 36.0 Å². The standard InChI is InChI=1S/C26H30FN3O3/c27-23-14-18(15-28-16-21(17-28)25(31)32)6-11-24(23)30-13-12-29(26(30)33)22-9-7-20(8-10-22)19-4-2-1-3-5-19/h6-11,14,19,21H,1-5,12-13,15-17H2,(H,31,32). The van der Waals surface area contributed by atoms with Gasteiger partial charge in [-0.25, -0.2) is 9.18 Å². The average molecular weight is 452 g/mol. The zero-order chi connectivity index (χ0) is 22.9. The summed E-state index contributed by atoms with van der Waals surface area (Å²) in [5.74, 6) is -0.921. The number of anilines is 2. The minimum absolute atomic E-state index is 0.209. The number of rotatable bonds is 6. The van der Waals surface area contributed by atoms with Crippen LogP contribution < -0.4 is 9.80 Å². The van der Waals surface area contributed by atoms with E-state index in [9.17, 15) is 14.0 Å². The number of aliphatic carboxylic acids is 1. The predicted octanol–water partition coefficient (Wildman–Crippen LogP) is 4.84. The molecule has 2 aliphatic heterocycles. The van der Waals surface area contributed by atoms with E-state index in [0.29, 0.717) is 38.6 Å². The van der Waals surface area contributed by atoms with Gasteiger partial charge in [-0.2, -0.15) is 0 Å². The third-order valence-electron chi connectivity index (χ3n) is 7.31. The molecular formula is C26H30FN3O3. The molecule has 0 radical (unpaired) electrons. The van der Waals surface area contributed by atoms with Gasteiger partial charge in [0.1, 0.15) is 5.82 Å². The first-order valence-corrected chi connectivity index (χ1v) is 11.9. The molecule has 0 spiro atoms. The van der Waals surface area contributed by atoms with Gasteiger partial charge >= 0.3 is 12.0 Å². The number of carbonyl (C=O) groups excluding carboxylic acids is 1.